The Hall–Kier alpha value is -7.94. The van der Waals surface area contributed by atoms with E-state index in [0.717, 1.165) is 34.1 Å². The molecule has 0 N–H and O–H groups in total. The third-order valence-electron chi connectivity index (χ3n) is 15.3. The molecule has 3 aliphatic rings. The van der Waals surface area contributed by atoms with Gasteiger partial charge in [0.15, 0.2) is 0 Å². The van der Waals surface area contributed by atoms with Gasteiger partial charge in [0.05, 0.1) is 5.41 Å². The number of benzene rings is 10. The third-order valence-corrected chi connectivity index (χ3v) is 15.3. The quantitative estimate of drug-likeness (QED) is 0.164. The lowest BCUT2D eigenvalue weighted by atomic mass is 9.70. The van der Waals surface area contributed by atoms with Crippen LogP contribution in [0, 0.1) is 0 Å². The van der Waals surface area contributed by atoms with Crippen LogP contribution in [0.4, 0.5) is 34.1 Å². The van der Waals surface area contributed by atoms with Crippen molar-refractivity contribution in [2.24, 2.45) is 0 Å². The van der Waals surface area contributed by atoms with Crippen LogP contribution in [0.3, 0.4) is 0 Å². The molecule has 0 bridgehead atoms. The Morgan fingerprint density at radius 2 is 0.710 bits per heavy atom. The highest BCUT2D eigenvalue weighted by molar-refractivity contribution is 6.21. The predicted molar refractivity (Wildman–Crippen MR) is 291 cm³/mol. The van der Waals surface area contributed by atoms with E-state index in [0.29, 0.717) is 0 Å². The van der Waals surface area contributed by atoms with Crippen LogP contribution in [-0.4, -0.2) is 0 Å². The van der Waals surface area contributed by atoms with Gasteiger partial charge in [0, 0.05) is 34.1 Å². The molecule has 3 aliphatic carbocycles. The molecule has 10 aromatic rings. The Bertz CT molecular complexity index is 3510. The van der Waals surface area contributed by atoms with Gasteiger partial charge in [-0.15, -0.1) is 0 Å². The minimum atomic E-state index is -0.641. The Morgan fingerprint density at radius 3 is 1.22 bits per heavy atom. The third kappa shape index (κ3) is 6.11. The first-order chi connectivity index (χ1) is 33.5. The summed E-state index contributed by atoms with van der Waals surface area (Å²) in [5.74, 6) is 0. The van der Waals surface area contributed by atoms with Gasteiger partial charge in [-0.25, -0.2) is 0 Å². The normalized spacial score (nSPS) is 13.5. The minimum Gasteiger partial charge on any atom is -0.310 e. The zero-order valence-electron chi connectivity index (χ0n) is 40.2. The van der Waals surface area contributed by atoms with E-state index in [2.05, 4.69) is 270 Å². The fourth-order valence-corrected chi connectivity index (χ4v) is 12.1. The summed E-state index contributed by atoms with van der Waals surface area (Å²) < 4.78 is 0. The summed E-state index contributed by atoms with van der Waals surface area (Å²) in [5.41, 5.74) is 24.6. The lowest BCUT2D eigenvalue weighted by Gasteiger charge is -2.33. The Balaban J connectivity index is 1.11. The first kappa shape index (κ1) is 41.3. The first-order valence-corrected chi connectivity index (χ1v) is 24.5. The summed E-state index contributed by atoms with van der Waals surface area (Å²) in [6.45, 7) is 13.7. The lowest BCUT2D eigenvalue weighted by Crippen LogP contribution is -2.26. The summed E-state index contributed by atoms with van der Waals surface area (Å²) in [4.78, 5) is 4.88. The second-order valence-corrected chi connectivity index (χ2v) is 21.3. The van der Waals surface area contributed by atoms with Crippen molar-refractivity contribution < 1.29 is 0 Å². The highest BCUT2D eigenvalue weighted by Gasteiger charge is 2.53. The van der Waals surface area contributed by atoms with E-state index in [9.17, 15) is 0 Å². The van der Waals surface area contributed by atoms with Gasteiger partial charge in [-0.05, 0) is 178 Å². The van der Waals surface area contributed by atoms with E-state index < -0.39 is 5.41 Å². The maximum atomic E-state index is 2.59. The van der Waals surface area contributed by atoms with Crippen molar-refractivity contribution >= 4 is 44.9 Å². The summed E-state index contributed by atoms with van der Waals surface area (Å²) >= 11 is 0. The van der Waals surface area contributed by atoms with Crippen LogP contribution in [0.25, 0.3) is 55.3 Å². The predicted octanol–water partition coefficient (Wildman–Crippen LogP) is 18.4. The van der Waals surface area contributed by atoms with E-state index in [1.165, 1.54) is 88.7 Å². The molecule has 332 valence electrons. The van der Waals surface area contributed by atoms with Crippen molar-refractivity contribution in [3.05, 3.63) is 252 Å². The van der Waals surface area contributed by atoms with Crippen LogP contribution >= 0.6 is 0 Å². The van der Waals surface area contributed by atoms with Crippen LogP contribution in [0.15, 0.2) is 218 Å². The number of para-hydroxylation sites is 2. The molecule has 0 saturated carbocycles. The molecule has 0 unspecified atom stereocenters. The Morgan fingerprint density at radius 1 is 0.290 bits per heavy atom. The minimum absolute atomic E-state index is 0.0433. The Labute approximate surface area is 406 Å². The SMILES string of the molecule is CC(C)(C)c1ccc(N(c2ccccc2)c2ccc3c(c2)C2(c4cc(N(c5ccccc5)c5ccc(C(C)(C)C)cc5)ccc4-3)c3ccccc3-c3c2cc2c4c(cccc34)-c3ccccc3-2)cc1. The summed E-state index contributed by atoms with van der Waals surface area (Å²) in [5, 5.41) is 2.67. The zero-order chi connectivity index (χ0) is 46.8. The Kier molecular flexibility index (Phi) is 8.99. The molecule has 2 heteroatoms. The molecule has 69 heavy (non-hydrogen) atoms. The van der Waals surface area contributed by atoms with E-state index in [1.54, 1.807) is 0 Å². The van der Waals surface area contributed by atoms with Gasteiger partial charge in [-0.1, -0.05) is 181 Å². The molecule has 0 fully saturated rings. The van der Waals surface area contributed by atoms with Crippen molar-refractivity contribution in [3.8, 4) is 44.5 Å². The highest BCUT2D eigenvalue weighted by Crippen LogP contribution is 2.66. The van der Waals surface area contributed by atoms with Crippen LogP contribution in [0.5, 0.6) is 0 Å². The smallest absolute Gasteiger partial charge is 0.0727 e. The average molecular weight is 887 g/mol. The average Bonchev–Trinajstić information content (AvgIpc) is 3.97. The van der Waals surface area contributed by atoms with E-state index in [4.69, 9.17) is 0 Å². The van der Waals surface area contributed by atoms with Gasteiger partial charge in [-0.2, -0.15) is 0 Å². The molecule has 10 aromatic carbocycles. The fourth-order valence-electron chi connectivity index (χ4n) is 12.1. The molecule has 0 saturated heterocycles. The number of hydrogen-bond acceptors (Lipinski definition) is 2. The topological polar surface area (TPSA) is 6.48 Å². The molecule has 2 nitrogen and oxygen atoms in total. The summed E-state index contributed by atoms with van der Waals surface area (Å²) in [6, 6.07) is 82.6. The molecule has 0 aromatic heterocycles. The second-order valence-electron chi connectivity index (χ2n) is 21.3. The van der Waals surface area contributed by atoms with Crippen molar-refractivity contribution in [1.82, 2.24) is 0 Å². The summed E-state index contributed by atoms with van der Waals surface area (Å²) in [7, 11) is 0. The van der Waals surface area contributed by atoms with Gasteiger partial charge >= 0.3 is 0 Å². The van der Waals surface area contributed by atoms with Crippen LogP contribution in [-0.2, 0) is 16.2 Å². The van der Waals surface area contributed by atoms with Crippen LogP contribution < -0.4 is 9.80 Å². The maximum absolute atomic E-state index is 2.59. The number of fused-ring (bicyclic) bond motifs is 14. The molecule has 1 spiro atoms. The van der Waals surface area contributed by atoms with Crippen molar-refractivity contribution in [3.63, 3.8) is 0 Å². The number of rotatable bonds is 6. The van der Waals surface area contributed by atoms with Crippen molar-refractivity contribution in [2.45, 2.75) is 57.8 Å². The molecule has 0 amide bonds. The summed E-state index contributed by atoms with van der Waals surface area (Å²) in [6.07, 6.45) is 0. The molecule has 0 radical (unpaired) electrons. The number of anilines is 6. The largest absolute Gasteiger partial charge is 0.310 e. The maximum Gasteiger partial charge on any atom is 0.0727 e. The fraction of sp³-hybridized carbons (Fsp3) is 0.134. The van der Waals surface area contributed by atoms with Gasteiger partial charge in [-0.3, -0.25) is 0 Å². The molecule has 0 atom stereocenters. The van der Waals surface area contributed by atoms with Gasteiger partial charge in [0.2, 0.25) is 0 Å². The van der Waals surface area contributed by atoms with Crippen LogP contribution in [0.2, 0.25) is 0 Å². The standard InChI is InChI=1S/C67H54N2/c1-65(2,3)43-28-32-47(33-29-43)68(45-18-9-7-10-19-45)49-36-38-53-54-39-37-50(69(46-20-11-8-12-21-46)48-34-30-44(31-35-48)66(4,5)6)41-61(54)67(60(53)40-49)59-27-16-15-24-56(59)64-57-26-17-25-55-51-22-13-14-23-52(51)58(63(55)57)42-62(64)67/h7-42H,1-6H3. The van der Waals surface area contributed by atoms with E-state index >= 15 is 0 Å². The van der Waals surface area contributed by atoms with Crippen molar-refractivity contribution in [2.75, 3.05) is 9.80 Å². The number of nitrogens with zero attached hydrogens (tertiary/aromatic N) is 2. The molecule has 0 heterocycles. The molecular weight excluding hydrogens is 833 g/mol. The molecule has 0 aliphatic heterocycles. The highest BCUT2D eigenvalue weighted by atomic mass is 15.1. The monoisotopic (exact) mass is 886 g/mol. The van der Waals surface area contributed by atoms with Gasteiger partial charge < -0.3 is 9.80 Å². The lowest BCUT2D eigenvalue weighted by molar-refractivity contribution is 0.590. The second kappa shape index (κ2) is 15.0. The number of hydrogen-bond donors (Lipinski definition) is 0. The van der Waals surface area contributed by atoms with E-state index in [-0.39, 0.29) is 10.8 Å². The zero-order valence-corrected chi connectivity index (χ0v) is 40.2. The van der Waals surface area contributed by atoms with Crippen molar-refractivity contribution in [1.29, 1.82) is 0 Å². The first-order valence-electron chi connectivity index (χ1n) is 24.5. The van der Waals surface area contributed by atoms with Gasteiger partial charge in [0.1, 0.15) is 0 Å². The molecular formula is C67H54N2. The van der Waals surface area contributed by atoms with E-state index in [1.807, 2.05) is 0 Å². The molecule has 13 rings (SSSR count). The van der Waals surface area contributed by atoms with Crippen LogP contribution in [0.1, 0.15) is 74.9 Å². The van der Waals surface area contributed by atoms with Gasteiger partial charge in [0.25, 0.3) is 0 Å².